The number of hydrogen-bond donors (Lipinski definition) is 1. The van der Waals surface area contributed by atoms with Gasteiger partial charge < -0.3 is 5.11 Å². The van der Waals surface area contributed by atoms with E-state index in [4.69, 9.17) is 5.11 Å². The Hall–Kier alpha value is -1.97. The molecule has 0 bridgehead atoms. The van der Waals surface area contributed by atoms with E-state index in [-0.39, 0.29) is 5.56 Å². The number of nitrogens with zero attached hydrogens (tertiary/aromatic N) is 2. The molecule has 0 spiro atoms. The number of benzene rings is 1. The van der Waals surface area contributed by atoms with Gasteiger partial charge in [-0.2, -0.15) is 0 Å². The van der Waals surface area contributed by atoms with Crippen molar-refractivity contribution in [2.45, 2.75) is 0 Å². The zero-order valence-electron chi connectivity index (χ0n) is 6.69. The molecule has 1 N–H and O–H groups in total. The largest absolute Gasteiger partial charge is 0.478 e. The number of aromatic carboxylic acids is 1. The SMILES string of the molecule is C=C1N=c2cccc(C(=O)O)c2=N1. The molecule has 0 amide bonds. The number of carboxylic acid groups (broad SMARTS) is 1. The van der Waals surface area contributed by atoms with Crippen LogP contribution in [-0.2, 0) is 0 Å². The highest BCUT2D eigenvalue weighted by Gasteiger charge is 2.10. The van der Waals surface area contributed by atoms with Crippen LogP contribution in [0, 0.1) is 0 Å². The van der Waals surface area contributed by atoms with E-state index in [0.29, 0.717) is 16.5 Å². The molecule has 1 aliphatic heterocycles. The molecule has 0 aromatic heterocycles. The maximum Gasteiger partial charge on any atom is 0.337 e. The van der Waals surface area contributed by atoms with Gasteiger partial charge in [-0.25, -0.2) is 14.8 Å². The molecule has 0 saturated heterocycles. The van der Waals surface area contributed by atoms with E-state index in [1.165, 1.54) is 6.07 Å². The van der Waals surface area contributed by atoms with Crippen LogP contribution in [0.3, 0.4) is 0 Å². The Morgan fingerprint density at radius 1 is 1.38 bits per heavy atom. The summed E-state index contributed by atoms with van der Waals surface area (Å²) in [5, 5.41) is 9.78. The summed E-state index contributed by atoms with van der Waals surface area (Å²) in [6.45, 7) is 3.54. The van der Waals surface area contributed by atoms with Gasteiger partial charge in [0, 0.05) is 0 Å². The molecule has 0 unspecified atom stereocenters. The molecule has 0 saturated carbocycles. The van der Waals surface area contributed by atoms with Crippen molar-refractivity contribution >= 4 is 5.97 Å². The van der Waals surface area contributed by atoms with Gasteiger partial charge in [0.1, 0.15) is 11.2 Å². The summed E-state index contributed by atoms with van der Waals surface area (Å²) in [4.78, 5) is 18.6. The Bertz CT molecular complexity index is 517. The van der Waals surface area contributed by atoms with E-state index in [2.05, 4.69) is 16.6 Å². The van der Waals surface area contributed by atoms with E-state index in [1.54, 1.807) is 12.1 Å². The summed E-state index contributed by atoms with van der Waals surface area (Å²) in [7, 11) is 0. The second-order valence-electron chi connectivity index (χ2n) is 2.62. The highest BCUT2D eigenvalue weighted by molar-refractivity contribution is 5.87. The molecule has 1 aromatic carbocycles. The highest BCUT2D eigenvalue weighted by Crippen LogP contribution is 1.97. The first-order valence-electron chi connectivity index (χ1n) is 3.67. The maximum absolute atomic E-state index is 10.7. The first-order valence-corrected chi connectivity index (χ1v) is 3.67. The minimum atomic E-state index is -0.995. The molecule has 2 rings (SSSR count). The Morgan fingerprint density at radius 2 is 2.15 bits per heavy atom. The van der Waals surface area contributed by atoms with Crippen LogP contribution in [0.2, 0.25) is 0 Å². The van der Waals surface area contributed by atoms with Gasteiger partial charge in [0.2, 0.25) is 0 Å². The van der Waals surface area contributed by atoms with Gasteiger partial charge in [-0.05, 0) is 12.1 Å². The lowest BCUT2D eigenvalue weighted by molar-refractivity contribution is 0.0695. The van der Waals surface area contributed by atoms with Crippen molar-refractivity contribution in [2.75, 3.05) is 0 Å². The minimum absolute atomic E-state index is 0.167. The van der Waals surface area contributed by atoms with E-state index < -0.39 is 5.97 Å². The quantitative estimate of drug-likeness (QED) is 0.656. The third kappa shape index (κ3) is 1.12. The number of para-hydroxylation sites is 1. The summed E-state index contributed by atoms with van der Waals surface area (Å²) in [6, 6.07) is 4.85. The maximum atomic E-state index is 10.7. The lowest BCUT2D eigenvalue weighted by Gasteiger charge is -1.90. The third-order valence-electron chi connectivity index (χ3n) is 1.74. The molecule has 64 valence electrons. The predicted molar refractivity (Wildman–Crippen MR) is 44.9 cm³/mol. The van der Waals surface area contributed by atoms with Crippen LogP contribution in [0.25, 0.3) is 0 Å². The number of fused-ring (bicyclic) bond motifs is 1. The van der Waals surface area contributed by atoms with Gasteiger partial charge in [-0.1, -0.05) is 12.6 Å². The van der Waals surface area contributed by atoms with Gasteiger partial charge in [0.25, 0.3) is 0 Å². The normalized spacial score (nSPS) is 13.1. The molecule has 0 fully saturated rings. The first-order chi connectivity index (χ1) is 6.18. The van der Waals surface area contributed by atoms with Crippen LogP contribution in [0.1, 0.15) is 10.4 Å². The van der Waals surface area contributed by atoms with Gasteiger partial charge in [-0.3, -0.25) is 0 Å². The van der Waals surface area contributed by atoms with Gasteiger partial charge >= 0.3 is 5.97 Å². The van der Waals surface area contributed by atoms with E-state index in [1.807, 2.05) is 0 Å². The molecular weight excluding hydrogens is 168 g/mol. The van der Waals surface area contributed by atoms with Crippen molar-refractivity contribution < 1.29 is 9.90 Å². The predicted octanol–water partition coefficient (Wildman–Crippen LogP) is 0.109. The highest BCUT2D eigenvalue weighted by atomic mass is 16.4. The van der Waals surface area contributed by atoms with Crippen LogP contribution in [0.5, 0.6) is 0 Å². The topological polar surface area (TPSA) is 62.0 Å². The molecular formula is C9H6N2O2. The van der Waals surface area contributed by atoms with E-state index in [0.717, 1.165) is 0 Å². The van der Waals surface area contributed by atoms with Crippen LogP contribution in [0.4, 0.5) is 0 Å². The standard InChI is InChI=1S/C9H6N2O2/c1-5-10-7-4-2-3-6(9(12)13)8(7)11-5/h2-4H,1H2,(H,12,13). The number of hydrogen-bond acceptors (Lipinski definition) is 3. The molecule has 1 aromatic rings. The number of rotatable bonds is 1. The lowest BCUT2D eigenvalue weighted by Crippen LogP contribution is -2.28. The molecule has 0 atom stereocenters. The molecule has 1 heterocycles. The zero-order valence-corrected chi connectivity index (χ0v) is 6.69. The lowest BCUT2D eigenvalue weighted by atomic mass is 10.2. The monoisotopic (exact) mass is 174 g/mol. The fraction of sp³-hybridized carbons (Fsp3) is 0. The Kier molecular flexibility index (Phi) is 1.48. The summed E-state index contributed by atoms with van der Waals surface area (Å²) in [5.41, 5.74) is 0.167. The van der Waals surface area contributed by atoms with Crippen molar-refractivity contribution in [3.8, 4) is 0 Å². The number of carboxylic acids is 1. The summed E-state index contributed by atoms with van der Waals surface area (Å²) in [5.74, 6) is -0.644. The Balaban J connectivity index is 2.88. The van der Waals surface area contributed by atoms with Crippen molar-refractivity contribution in [2.24, 2.45) is 9.98 Å². The fourth-order valence-corrected chi connectivity index (χ4v) is 1.20. The van der Waals surface area contributed by atoms with Gasteiger partial charge in [0.05, 0.1) is 10.9 Å². The van der Waals surface area contributed by atoms with Crippen molar-refractivity contribution in [3.63, 3.8) is 0 Å². The van der Waals surface area contributed by atoms with Crippen LogP contribution in [0.15, 0.2) is 40.6 Å². The van der Waals surface area contributed by atoms with Crippen LogP contribution < -0.4 is 10.7 Å². The zero-order chi connectivity index (χ0) is 9.42. The van der Waals surface area contributed by atoms with Crippen LogP contribution in [-0.4, -0.2) is 11.1 Å². The average molecular weight is 174 g/mol. The van der Waals surface area contributed by atoms with Crippen molar-refractivity contribution in [3.05, 3.63) is 46.9 Å². The molecule has 0 radical (unpaired) electrons. The smallest absolute Gasteiger partial charge is 0.337 e. The van der Waals surface area contributed by atoms with Crippen molar-refractivity contribution in [1.29, 1.82) is 0 Å². The summed E-state index contributed by atoms with van der Waals surface area (Å²) < 4.78 is 0. The summed E-state index contributed by atoms with van der Waals surface area (Å²) in [6.07, 6.45) is 0. The van der Waals surface area contributed by atoms with Gasteiger partial charge in [-0.15, -0.1) is 0 Å². The second kappa shape index (κ2) is 2.52. The third-order valence-corrected chi connectivity index (χ3v) is 1.74. The molecule has 0 aliphatic carbocycles. The van der Waals surface area contributed by atoms with E-state index in [9.17, 15) is 4.79 Å². The first kappa shape index (κ1) is 7.67. The van der Waals surface area contributed by atoms with Crippen molar-refractivity contribution in [1.82, 2.24) is 0 Å². The molecule has 13 heavy (non-hydrogen) atoms. The fourth-order valence-electron chi connectivity index (χ4n) is 1.20. The number of carbonyl (C=O) groups is 1. The van der Waals surface area contributed by atoms with E-state index >= 15 is 0 Å². The molecule has 4 heteroatoms. The Labute approximate surface area is 73.6 Å². The summed E-state index contributed by atoms with van der Waals surface area (Å²) >= 11 is 0. The van der Waals surface area contributed by atoms with Gasteiger partial charge in [0.15, 0.2) is 0 Å². The Morgan fingerprint density at radius 3 is 2.85 bits per heavy atom. The average Bonchev–Trinajstić information content (AvgIpc) is 2.43. The minimum Gasteiger partial charge on any atom is -0.478 e. The molecule has 4 nitrogen and oxygen atoms in total. The second-order valence-corrected chi connectivity index (χ2v) is 2.62. The molecule has 1 aliphatic rings. The van der Waals surface area contributed by atoms with Crippen LogP contribution >= 0.6 is 0 Å².